The fraction of sp³-hybridized carbons (Fsp3) is 0.217. The van der Waals surface area contributed by atoms with Gasteiger partial charge in [-0.15, -0.1) is 11.3 Å². The van der Waals surface area contributed by atoms with Gasteiger partial charge in [0.2, 0.25) is 0 Å². The molecule has 3 aromatic rings. The quantitative estimate of drug-likeness (QED) is 0.578. The summed E-state index contributed by atoms with van der Waals surface area (Å²) < 4.78 is 18.6. The zero-order chi connectivity index (χ0) is 20.9. The average molecular weight is 411 g/mol. The maximum atomic E-state index is 13.3. The van der Waals surface area contributed by atoms with Gasteiger partial charge in [0.15, 0.2) is 6.61 Å². The Morgan fingerprint density at radius 3 is 2.34 bits per heavy atom. The topological polar surface area (TPSA) is 55.4 Å². The second-order valence-corrected chi connectivity index (χ2v) is 8.11. The summed E-state index contributed by atoms with van der Waals surface area (Å²) in [6, 6.07) is 18.6. The van der Waals surface area contributed by atoms with Crippen LogP contribution in [0.1, 0.15) is 35.9 Å². The highest BCUT2D eigenvalue weighted by Gasteiger charge is 2.32. The number of ether oxygens (including phenoxy) is 1. The molecule has 0 aliphatic rings. The number of hydrogen-bond acceptors (Lipinski definition) is 4. The maximum absolute atomic E-state index is 13.3. The van der Waals surface area contributed by atoms with Crippen molar-refractivity contribution in [1.82, 2.24) is 5.32 Å². The summed E-state index contributed by atoms with van der Waals surface area (Å²) in [6.07, 6.45) is 0. The summed E-state index contributed by atoms with van der Waals surface area (Å²) >= 11 is 1.48. The van der Waals surface area contributed by atoms with Gasteiger partial charge in [0.1, 0.15) is 5.82 Å². The van der Waals surface area contributed by atoms with E-state index in [-0.39, 0.29) is 5.82 Å². The van der Waals surface area contributed by atoms with Gasteiger partial charge in [0.25, 0.3) is 5.91 Å². The van der Waals surface area contributed by atoms with Gasteiger partial charge in [0, 0.05) is 4.88 Å². The van der Waals surface area contributed by atoms with E-state index in [9.17, 15) is 14.0 Å². The molecule has 0 bridgehead atoms. The van der Waals surface area contributed by atoms with E-state index < -0.39 is 29.9 Å². The summed E-state index contributed by atoms with van der Waals surface area (Å²) in [5.41, 5.74) is 0.692. The number of esters is 1. The van der Waals surface area contributed by atoms with E-state index in [1.807, 2.05) is 47.8 Å². The standard InChI is InChI=1S/C23H22FNO3S/c1-23(2,17-7-4-3-5-8-17)22(27)28-15-20(26)25-21(19-9-6-14-29-19)16-10-12-18(24)13-11-16/h3-14,21H,15H2,1-2H3,(H,25,26)/t21-/m0/s1. The van der Waals surface area contributed by atoms with E-state index in [0.29, 0.717) is 0 Å². The first-order valence-electron chi connectivity index (χ1n) is 9.19. The Balaban J connectivity index is 1.66. The second kappa shape index (κ2) is 9.01. The highest BCUT2D eigenvalue weighted by Crippen LogP contribution is 2.27. The van der Waals surface area contributed by atoms with Crippen LogP contribution in [0, 0.1) is 5.82 Å². The fourth-order valence-corrected chi connectivity index (χ4v) is 3.72. The van der Waals surface area contributed by atoms with E-state index in [2.05, 4.69) is 5.32 Å². The number of benzene rings is 2. The number of carbonyl (C=O) groups excluding carboxylic acids is 2. The molecule has 1 atom stereocenters. The Morgan fingerprint density at radius 2 is 1.72 bits per heavy atom. The van der Waals surface area contributed by atoms with Crippen LogP contribution >= 0.6 is 11.3 Å². The molecule has 3 rings (SSSR count). The summed E-state index contributed by atoms with van der Waals surface area (Å²) in [7, 11) is 0. The predicted octanol–water partition coefficient (Wildman–Crippen LogP) is 4.61. The van der Waals surface area contributed by atoms with Crippen molar-refractivity contribution in [3.8, 4) is 0 Å². The zero-order valence-corrected chi connectivity index (χ0v) is 17.0. The molecule has 0 unspecified atom stereocenters. The summed E-state index contributed by atoms with van der Waals surface area (Å²) in [4.78, 5) is 26.0. The number of nitrogens with one attached hydrogen (secondary N) is 1. The van der Waals surface area contributed by atoms with Crippen LogP contribution in [0.2, 0.25) is 0 Å². The normalized spacial score (nSPS) is 12.2. The minimum absolute atomic E-state index is 0.345. The monoisotopic (exact) mass is 411 g/mol. The van der Waals surface area contributed by atoms with Crippen molar-refractivity contribution in [3.05, 3.63) is 93.9 Å². The molecule has 0 saturated heterocycles. The molecule has 2 aromatic carbocycles. The van der Waals surface area contributed by atoms with Crippen molar-refractivity contribution < 1.29 is 18.7 Å². The van der Waals surface area contributed by atoms with E-state index in [1.54, 1.807) is 26.0 Å². The van der Waals surface area contributed by atoms with Crippen LogP contribution in [0.5, 0.6) is 0 Å². The van der Waals surface area contributed by atoms with Gasteiger partial charge in [-0.25, -0.2) is 4.39 Å². The number of rotatable bonds is 7. The molecule has 1 aromatic heterocycles. The Labute approximate surface area is 173 Å². The van der Waals surface area contributed by atoms with Gasteiger partial charge in [0.05, 0.1) is 11.5 Å². The smallest absolute Gasteiger partial charge is 0.316 e. The van der Waals surface area contributed by atoms with Crippen molar-refractivity contribution in [2.75, 3.05) is 6.61 Å². The number of hydrogen-bond donors (Lipinski definition) is 1. The molecule has 0 aliphatic heterocycles. The number of halogens is 1. The first-order valence-corrected chi connectivity index (χ1v) is 10.1. The average Bonchev–Trinajstić information content (AvgIpc) is 3.26. The van der Waals surface area contributed by atoms with Crippen LogP contribution < -0.4 is 5.32 Å². The molecule has 1 N–H and O–H groups in total. The van der Waals surface area contributed by atoms with Gasteiger partial charge < -0.3 is 10.1 Å². The molecule has 1 amide bonds. The third kappa shape index (κ3) is 5.09. The number of amides is 1. The van der Waals surface area contributed by atoms with Crippen LogP contribution in [0.3, 0.4) is 0 Å². The third-order valence-corrected chi connectivity index (χ3v) is 5.61. The lowest BCUT2D eigenvalue weighted by molar-refractivity contribution is -0.153. The minimum atomic E-state index is -0.869. The highest BCUT2D eigenvalue weighted by molar-refractivity contribution is 7.10. The van der Waals surface area contributed by atoms with E-state index in [0.717, 1.165) is 16.0 Å². The van der Waals surface area contributed by atoms with Crippen LogP contribution in [0.25, 0.3) is 0 Å². The van der Waals surface area contributed by atoms with Crippen LogP contribution in [0.4, 0.5) is 4.39 Å². The SMILES string of the molecule is CC(C)(C(=O)OCC(=O)N[C@@H](c1ccc(F)cc1)c1cccs1)c1ccccc1. The predicted molar refractivity (Wildman–Crippen MR) is 111 cm³/mol. The van der Waals surface area contributed by atoms with E-state index in [1.165, 1.54) is 23.5 Å². The molecule has 0 fully saturated rings. The highest BCUT2D eigenvalue weighted by atomic mass is 32.1. The minimum Gasteiger partial charge on any atom is -0.455 e. The third-order valence-electron chi connectivity index (χ3n) is 4.68. The number of thiophene rings is 1. The van der Waals surface area contributed by atoms with Crippen LogP contribution in [-0.4, -0.2) is 18.5 Å². The van der Waals surface area contributed by atoms with Crippen molar-refractivity contribution in [1.29, 1.82) is 0 Å². The molecular weight excluding hydrogens is 389 g/mol. The second-order valence-electron chi connectivity index (χ2n) is 7.13. The summed E-state index contributed by atoms with van der Waals surface area (Å²) in [6.45, 7) is 3.13. The molecule has 0 spiro atoms. The lowest BCUT2D eigenvalue weighted by Gasteiger charge is -2.23. The largest absolute Gasteiger partial charge is 0.455 e. The molecule has 1 heterocycles. The molecule has 0 radical (unpaired) electrons. The zero-order valence-electron chi connectivity index (χ0n) is 16.2. The lowest BCUT2D eigenvalue weighted by Crippen LogP contribution is -2.36. The van der Waals surface area contributed by atoms with E-state index in [4.69, 9.17) is 4.74 Å². The molecular formula is C23H22FNO3S. The lowest BCUT2D eigenvalue weighted by atomic mass is 9.85. The van der Waals surface area contributed by atoms with Gasteiger partial charge in [-0.3, -0.25) is 9.59 Å². The fourth-order valence-electron chi connectivity index (χ4n) is 2.92. The summed E-state index contributed by atoms with van der Waals surface area (Å²) in [5, 5.41) is 4.78. The summed E-state index contributed by atoms with van der Waals surface area (Å²) in [5.74, 6) is -1.25. The first kappa shape index (κ1) is 20.7. The van der Waals surface area contributed by atoms with Crippen molar-refractivity contribution >= 4 is 23.2 Å². The first-order chi connectivity index (χ1) is 13.9. The van der Waals surface area contributed by atoms with Crippen LogP contribution in [-0.2, 0) is 19.7 Å². The maximum Gasteiger partial charge on any atom is 0.316 e. The van der Waals surface area contributed by atoms with Gasteiger partial charge in [-0.1, -0.05) is 48.5 Å². The molecule has 0 aliphatic carbocycles. The van der Waals surface area contributed by atoms with Crippen LogP contribution in [0.15, 0.2) is 72.1 Å². The molecule has 29 heavy (non-hydrogen) atoms. The van der Waals surface area contributed by atoms with E-state index >= 15 is 0 Å². The van der Waals surface area contributed by atoms with Gasteiger partial charge in [-0.2, -0.15) is 0 Å². The Hall–Kier alpha value is -2.99. The molecule has 0 saturated carbocycles. The Kier molecular flexibility index (Phi) is 6.44. The molecule has 6 heteroatoms. The number of carbonyl (C=O) groups is 2. The van der Waals surface area contributed by atoms with Crippen molar-refractivity contribution in [2.24, 2.45) is 0 Å². The van der Waals surface area contributed by atoms with Gasteiger partial charge in [-0.05, 0) is 48.6 Å². The molecule has 4 nitrogen and oxygen atoms in total. The van der Waals surface area contributed by atoms with Crippen molar-refractivity contribution in [2.45, 2.75) is 25.3 Å². The van der Waals surface area contributed by atoms with Crippen molar-refractivity contribution in [3.63, 3.8) is 0 Å². The molecule has 150 valence electrons. The Morgan fingerprint density at radius 1 is 1.03 bits per heavy atom. The van der Waals surface area contributed by atoms with Gasteiger partial charge >= 0.3 is 5.97 Å². The Bertz CT molecular complexity index is 954.